The lowest BCUT2D eigenvalue weighted by Crippen LogP contribution is -2.23. The maximum atomic E-state index is 13.0. The summed E-state index contributed by atoms with van der Waals surface area (Å²) in [6.45, 7) is 16.2. The first-order valence-corrected chi connectivity index (χ1v) is 4.92. The molecule has 0 aliphatic rings. The summed E-state index contributed by atoms with van der Waals surface area (Å²) in [6, 6.07) is 0. The van der Waals surface area contributed by atoms with Crippen LogP contribution in [-0.4, -0.2) is 0 Å². The van der Waals surface area contributed by atoms with Crippen molar-refractivity contribution in [1.29, 1.82) is 0 Å². The van der Waals surface area contributed by atoms with Gasteiger partial charge in [-0.25, -0.2) is 4.39 Å². The summed E-state index contributed by atoms with van der Waals surface area (Å²) in [6.07, 6.45) is 3.02. The molecule has 0 rings (SSSR count). The SMILES string of the molecule is C=C/C(F)=C(\C)NC(=C)N/C(C)=C/C(=C)C. The smallest absolute Gasteiger partial charge is 0.141 e. The van der Waals surface area contributed by atoms with Gasteiger partial charge in [-0.3, -0.25) is 0 Å². The molecule has 0 aliphatic heterocycles. The fourth-order valence-electron chi connectivity index (χ4n) is 1.11. The normalized spacial score (nSPS) is 12.6. The van der Waals surface area contributed by atoms with Crippen molar-refractivity contribution in [2.75, 3.05) is 0 Å². The molecule has 0 aliphatic carbocycles. The summed E-state index contributed by atoms with van der Waals surface area (Å²) < 4.78 is 13.0. The fraction of sp³-hybridized carbons (Fsp3) is 0.231. The van der Waals surface area contributed by atoms with E-state index < -0.39 is 5.83 Å². The van der Waals surface area contributed by atoms with Gasteiger partial charge in [0.15, 0.2) is 0 Å². The van der Waals surface area contributed by atoms with Crippen molar-refractivity contribution in [3.63, 3.8) is 0 Å². The Morgan fingerprint density at radius 1 is 1.12 bits per heavy atom. The van der Waals surface area contributed by atoms with Crippen LogP contribution < -0.4 is 10.6 Å². The van der Waals surface area contributed by atoms with E-state index in [9.17, 15) is 4.39 Å². The van der Waals surface area contributed by atoms with Crippen molar-refractivity contribution >= 4 is 0 Å². The second kappa shape index (κ2) is 6.67. The second-order valence-electron chi connectivity index (χ2n) is 3.58. The minimum atomic E-state index is -0.399. The monoisotopic (exact) mass is 222 g/mol. The average Bonchev–Trinajstić information content (AvgIpc) is 2.14. The minimum absolute atomic E-state index is 0.371. The molecule has 0 aromatic rings. The third-order valence-corrected chi connectivity index (χ3v) is 1.69. The Hall–Kier alpha value is -1.77. The predicted molar refractivity (Wildman–Crippen MR) is 68.0 cm³/mol. The van der Waals surface area contributed by atoms with Crippen LogP contribution in [0.25, 0.3) is 0 Å². The quantitative estimate of drug-likeness (QED) is 0.672. The van der Waals surface area contributed by atoms with Gasteiger partial charge in [-0.1, -0.05) is 25.3 Å². The van der Waals surface area contributed by atoms with E-state index in [1.54, 1.807) is 6.92 Å². The Morgan fingerprint density at radius 3 is 2.12 bits per heavy atom. The summed E-state index contributed by atoms with van der Waals surface area (Å²) in [5.74, 6) is 0.106. The molecule has 0 saturated carbocycles. The highest BCUT2D eigenvalue weighted by Gasteiger charge is 1.99. The molecular formula is C13H19FN2. The Morgan fingerprint density at radius 2 is 1.69 bits per heavy atom. The first kappa shape index (κ1) is 14.2. The van der Waals surface area contributed by atoms with Gasteiger partial charge in [0.1, 0.15) is 5.83 Å². The number of hydrogen-bond donors (Lipinski definition) is 2. The topological polar surface area (TPSA) is 24.1 Å². The molecule has 3 heteroatoms. The van der Waals surface area contributed by atoms with Crippen molar-refractivity contribution in [2.24, 2.45) is 0 Å². The number of allylic oxidation sites excluding steroid dienone is 6. The van der Waals surface area contributed by atoms with Crippen LogP contribution in [0.3, 0.4) is 0 Å². The molecule has 0 saturated heterocycles. The number of hydrogen-bond acceptors (Lipinski definition) is 2. The first-order valence-electron chi connectivity index (χ1n) is 4.92. The number of rotatable bonds is 6. The molecule has 2 nitrogen and oxygen atoms in total. The van der Waals surface area contributed by atoms with E-state index >= 15 is 0 Å². The molecule has 0 heterocycles. The molecule has 2 N–H and O–H groups in total. The molecule has 0 aromatic heterocycles. The first-order chi connectivity index (χ1) is 7.36. The highest BCUT2D eigenvalue weighted by molar-refractivity contribution is 5.21. The lowest BCUT2D eigenvalue weighted by atomic mass is 10.3. The molecule has 0 unspecified atom stereocenters. The van der Waals surface area contributed by atoms with Crippen molar-refractivity contribution < 1.29 is 4.39 Å². The zero-order valence-corrected chi connectivity index (χ0v) is 10.2. The standard InChI is InChI=1S/C13H19FN2/c1-7-13(14)11(5)16-12(6)15-10(4)8-9(2)3/h7-8,15-16H,1-2,6H2,3-5H3/b10-8+,13-11-. The molecule has 88 valence electrons. The van der Waals surface area contributed by atoms with E-state index in [4.69, 9.17) is 0 Å². The molecular weight excluding hydrogens is 203 g/mol. The van der Waals surface area contributed by atoms with Gasteiger partial charge in [0.2, 0.25) is 0 Å². The Bertz CT molecular complexity index is 362. The van der Waals surface area contributed by atoms with Crippen molar-refractivity contribution in [3.8, 4) is 0 Å². The predicted octanol–water partition coefficient (Wildman–Crippen LogP) is 3.50. The largest absolute Gasteiger partial charge is 0.346 e. The molecule has 0 bridgehead atoms. The fourth-order valence-corrected chi connectivity index (χ4v) is 1.11. The number of halogens is 1. The lowest BCUT2D eigenvalue weighted by Gasteiger charge is -2.13. The van der Waals surface area contributed by atoms with Crippen LogP contribution in [-0.2, 0) is 0 Å². The van der Waals surface area contributed by atoms with Crippen molar-refractivity contribution in [2.45, 2.75) is 20.8 Å². The van der Waals surface area contributed by atoms with Gasteiger partial charge in [0.25, 0.3) is 0 Å². The van der Waals surface area contributed by atoms with Crippen LogP contribution in [0.4, 0.5) is 4.39 Å². The van der Waals surface area contributed by atoms with E-state index in [-0.39, 0.29) is 0 Å². The summed E-state index contributed by atoms with van der Waals surface area (Å²) in [5, 5.41) is 5.77. The van der Waals surface area contributed by atoms with E-state index in [0.29, 0.717) is 11.5 Å². The van der Waals surface area contributed by atoms with E-state index in [0.717, 1.165) is 17.3 Å². The number of nitrogens with one attached hydrogen (secondary N) is 2. The van der Waals surface area contributed by atoms with E-state index in [1.807, 2.05) is 19.9 Å². The second-order valence-corrected chi connectivity index (χ2v) is 3.58. The summed E-state index contributed by atoms with van der Waals surface area (Å²) in [7, 11) is 0. The molecule has 16 heavy (non-hydrogen) atoms. The van der Waals surface area contributed by atoms with Gasteiger partial charge in [-0.15, -0.1) is 0 Å². The van der Waals surface area contributed by atoms with Crippen LogP contribution in [0.1, 0.15) is 20.8 Å². The zero-order chi connectivity index (χ0) is 12.7. The molecule has 0 radical (unpaired) electrons. The van der Waals surface area contributed by atoms with Crippen molar-refractivity contribution in [3.05, 3.63) is 60.5 Å². The Labute approximate surface area is 96.9 Å². The highest BCUT2D eigenvalue weighted by atomic mass is 19.1. The summed E-state index contributed by atoms with van der Waals surface area (Å²) >= 11 is 0. The van der Waals surface area contributed by atoms with Gasteiger partial charge >= 0.3 is 0 Å². The van der Waals surface area contributed by atoms with Crippen LogP contribution in [0.5, 0.6) is 0 Å². The van der Waals surface area contributed by atoms with Gasteiger partial charge in [-0.05, 0) is 32.9 Å². The summed E-state index contributed by atoms with van der Waals surface area (Å²) in [4.78, 5) is 0. The van der Waals surface area contributed by atoms with Gasteiger partial charge in [0, 0.05) is 11.4 Å². The molecule has 0 atom stereocenters. The maximum Gasteiger partial charge on any atom is 0.141 e. The van der Waals surface area contributed by atoms with Gasteiger partial charge < -0.3 is 10.6 Å². The van der Waals surface area contributed by atoms with Crippen LogP contribution >= 0.6 is 0 Å². The molecule has 0 fully saturated rings. The minimum Gasteiger partial charge on any atom is -0.346 e. The molecule has 0 amide bonds. The third-order valence-electron chi connectivity index (χ3n) is 1.69. The van der Waals surface area contributed by atoms with Crippen LogP contribution in [0.15, 0.2) is 60.5 Å². The zero-order valence-electron chi connectivity index (χ0n) is 10.2. The van der Waals surface area contributed by atoms with E-state index in [1.165, 1.54) is 0 Å². The lowest BCUT2D eigenvalue weighted by molar-refractivity contribution is 0.637. The van der Waals surface area contributed by atoms with Crippen molar-refractivity contribution in [1.82, 2.24) is 10.6 Å². The Balaban J connectivity index is 4.41. The van der Waals surface area contributed by atoms with Gasteiger partial charge in [-0.2, -0.15) is 0 Å². The molecule has 0 spiro atoms. The third kappa shape index (κ3) is 5.86. The summed E-state index contributed by atoms with van der Waals surface area (Å²) in [5.41, 5.74) is 2.19. The highest BCUT2D eigenvalue weighted by Crippen LogP contribution is 2.05. The average molecular weight is 222 g/mol. The Kier molecular flexibility index (Phi) is 5.93. The van der Waals surface area contributed by atoms with E-state index in [2.05, 4.69) is 30.4 Å². The van der Waals surface area contributed by atoms with Crippen LogP contribution in [0.2, 0.25) is 0 Å². The maximum absolute atomic E-state index is 13.0. The van der Waals surface area contributed by atoms with Crippen LogP contribution in [0, 0.1) is 0 Å². The van der Waals surface area contributed by atoms with Gasteiger partial charge in [0.05, 0.1) is 5.82 Å². The molecule has 0 aromatic carbocycles.